The first-order chi connectivity index (χ1) is 13.3. The summed E-state index contributed by atoms with van der Waals surface area (Å²) in [4.78, 5) is 22.0. The zero-order valence-electron chi connectivity index (χ0n) is 16.5. The quantitative estimate of drug-likeness (QED) is 0.632. The first kappa shape index (κ1) is 18.9. The molecule has 0 unspecified atom stereocenters. The topological polar surface area (TPSA) is 80.9 Å². The third-order valence-corrected chi connectivity index (χ3v) is 5.61. The summed E-state index contributed by atoms with van der Waals surface area (Å²) in [5, 5.41) is 8.74. The Kier molecular flexibility index (Phi) is 4.87. The third-order valence-electron chi connectivity index (χ3n) is 4.61. The molecule has 1 aliphatic rings. The summed E-state index contributed by atoms with van der Waals surface area (Å²) >= 11 is 1.51. The monoisotopic (exact) mass is 396 g/mol. The average Bonchev–Trinajstić information content (AvgIpc) is 3.30. The fourth-order valence-corrected chi connectivity index (χ4v) is 3.72. The Bertz CT molecular complexity index is 1020. The van der Waals surface area contributed by atoms with Crippen LogP contribution >= 0.6 is 11.8 Å². The Balaban J connectivity index is 1.62. The van der Waals surface area contributed by atoms with E-state index < -0.39 is 0 Å². The number of rotatable bonds is 5. The number of fused-ring (bicyclic) bond motifs is 1. The summed E-state index contributed by atoms with van der Waals surface area (Å²) in [6.45, 7) is 8.16. The number of hydrogen-bond acceptors (Lipinski definition) is 6. The predicted molar refractivity (Wildman–Crippen MR) is 110 cm³/mol. The van der Waals surface area contributed by atoms with Crippen LogP contribution < -0.4 is 5.32 Å². The van der Waals surface area contributed by atoms with Gasteiger partial charge >= 0.3 is 0 Å². The number of benzene rings is 1. The molecule has 1 N–H and O–H groups in total. The van der Waals surface area contributed by atoms with E-state index in [9.17, 15) is 4.79 Å². The van der Waals surface area contributed by atoms with E-state index >= 15 is 0 Å². The van der Waals surface area contributed by atoms with E-state index in [1.54, 1.807) is 0 Å². The van der Waals surface area contributed by atoms with Crippen LogP contribution in [0, 0.1) is 0 Å². The number of aromatic nitrogens is 3. The van der Waals surface area contributed by atoms with Crippen molar-refractivity contribution in [1.82, 2.24) is 20.4 Å². The van der Waals surface area contributed by atoms with E-state index in [0.717, 1.165) is 28.8 Å². The lowest BCUT2D eigenvalue weighted by Crippen LogP contribution is -2.25. The average molecular weight is 397 g/mol. The van der Waals surface area contributed by atoms with E-state index in [-0.39, 0.29) is 16.6 Å². The smallest absolute Gasteiger partial charge is 0.252 e. The Morgan fingerprint density at radius 1 is 1.25 bits per heavy atom. The molecule has 3 aromatic rings. The number of amides is 1. The molecule has 6 nitrogen and oxygen atoms in total. The van der Waals surface area contributed by atoms with Crippen molar-refractivity contribution < 1.29 is 9.32 Å². The maximum atomic E-state index is 12.7. The summed E-state index contributed by atoms with van der Waals surface area (Å²) in [5.41, 5.74) is 1.30. The molecule has 7 heteroatoms. The Labute approximate surface area is 168 Å². The largest absolute Gasteiger partial charge is 0.349 e. The van der Waals surface area contributed by atoms with Gasteiger partial charge in [0.05, 0.1) is 21.4 Å². The first-order valence-electron chi connectivity index (χ1n) is 9.52. The third kappa shape index (κ3) is 4.04. The second-order valence-electron chi connectivity index (χ2n) is 8.24. The maximum absolute atomic E-state index is 12.7. The maximum Gasteiger partial charge on any atom is 0.252 e. The van der Waals surface area contributed by atoms with Gasteiger partial charge in [-0.05, 0) is 31.9 Å². The Morgan fingerprint density at radius 3 is 2.68 bits per heavy atom. The summed E-state index contributed by atoms with van der Waals surface area (Å²) in [6.07, 6.45) is 2.11. The van der Waals surface area contributed by atoms with Crippen molar-refractivity contribution in [3.8, 4) is 0 Å². The molecule has 28 heavy (non-hydrogen) atoms. The van der Waals surface area contributed by atoms with Gasteiger partial charge in [0, 0.05) is 16.8 Å². The van der Waals surface area contributed by atoms with Crippen LogP contribution in [-0.4, -0.2) is 27.1 Å². The lowest BCUT2D eigenvalue weighted by Gasteiger charge is -2.12. The highest BCUT2D eigenvalue weighted by Crippen LogP contribution is 2.35. The summed E-state index contributed by atoms with van der Waals surface area (Å²) < 4.78 is 5.46. The van der Waals surface area contributed by atoms with E-state index in [0.29, 0.717) is 23.3 Å². The number of nitrogens with one attached hydrogen (secondary N) is 1. The number of carbonyl (C=O) groups excluding carboxylic acids is 1. The van der Waals surface area contributed by atoms with Gasteiger partial charge in [0.2, 0.25) is 5.89 Å². The molecular formula is C21H24N4O2S. The fourth-order valence-electron chi connectivity index (χ4n) is 2.83. The minimum Gasteiger partial charge on any atom is -0.349 e. The molecule has 146 valence electrons. The van der Waals surface area contributed by atoms with E-state index in [4.69, 9.17) is 9.51 Å². The summed E-state index contributed by atoms with van der Waals surface area (Å²) in [7, 11) is 0. The Morgan fingerprint density at radius 2 is 2.00 bits per heavy atom. The standard InChI is InChI=1S/C21H24N4O2S/c1-12(19-24-20(25-27-19)21(2,3)4)28-17-11-15(18(26)22-13-9-10-13)14-7-5-6-8-16(14)23-17/h5-8,11-13H,9-10H2,1-4H3,(H,22,26)/t12-/m0/s1. The molecule has 4 rings (SSSR count). The number of thioether (sulfide) groups is 1. The highest BCUT2D eigenvalue weighted by atomic mass is 32.2. The highest BCUT2D eigenvalue weighted by molar-refractivity contribution is 7.99. The molecule has 1 aliphatic carbocycles. The number of nitrogens with zero attached hydrogens (tertiary/aromatic N) is 3. The van der Waals surface area contributed by atoms with Crippen molar-refractivity contribution in [2.24, 2.45) is 0 Å². The van der Waals surface area contributed by atoms with Crippen LogP contribution in [0.25, 0.3) is 10.9 Å². The number of carbonyl (C=O) groups is 1. The summed E-state index contributed by atoms with van der Waals surface area (Å²) in [5.74, 6) is 1.21. The van der Waals surface area contributed by atoms with Gasteiger partial charge in [-0.25, -0.2) is 4.98 Å². The van der Waals surface area contributed by atoms with Crippen molar-refractivity contribution in [3.05, 3.63) is 47.6 Å². The molecule has 2 heterocycles. The van der Waals surface area contributed by atoms with Gasteiger partial charge in [0.15, 0.2) is 5.82 Å². The fraction of sp³-hybridized carbons (Fsp3) is 0.429. The lowest BCUT2D eigenvalue weighted by molar-refractivity contribution is 0.0952. The van der Waals surface area contributed by atoms with Crippen LogP contribution in [0.2, 0.25) is 0 Å². The molecule has 0 radical (unpaired) electrons. The lowest BCUT2D eigenvalue weighted by atomic mass is 9.96. The minimum absolute atomic E-state index is 0.0385. The van der Waals surface area contributed by atoms with Crippen LogP contribution in [-0.2, 0) is 5.41 Å². The second-order valence-corrected chi connectivity index (χ2v) is 9.60. The van der Waals surface area contributed by atoms with Crippen LogP contribution in [0.5, 0.6) is 0 Å². The molecule has 1 amide bonds. The SMILES string of the molecule is C[C@H](Sc1cc(C(=O)NC2CC2)c2ccccc2n1)c1nc(C(C)(C)C)no1. The van der Waals surface area contributed by atoms with Gasteiger partial charge in [0.25, 0.3) is 5.91 Å². The Hall–Kier alpha value is -2.41. The van der Waals surface area contributed by atoms with Gasteiger partial charge in [0.1, 0.15) is 0 Å². The zero-order valence-corrected chi connectivity index (χ0v) is 17.3. The van der Waals surface area contributed by atoms with Crippen molar-refractivity contribution in [3.63, 3.8) is 0 Å². The van der Waals surface area contributed by atoms with Crippen LogP contribution in [0.3, 0.4) is 0 Å². The molecule has 0 aliphatic heterocycles. The van der Waals surface area contributed by atoms with Crippen molar-refractivity contribution >= 4 is 28.6 Å². The zero-order chi connectivity index (χ0) is 19.9. The first-order valence-corrected chi connectivity index (χ1v) is 10.4. The van der Waals surface area contributed by atoms with Gasteiger partial charge < -0.3 is 9.84 Å². The van der Waals surface area contributed by atoms with Crippen molar-refractivity contribution in [2.75, 3.05) is 0 Å². The molecular weight excluding hydrogens is 372 g/mol. The number of pyridine rings is 1. The second kappa shape index (κ2) is 7.20. The van der Waals surface area contributed by atoms with Gasteiger partial charge in [-0.1, -0.05) is 55.9 Å². The molecule has 0 bridgehead atoms. The molecule has 1 aromatic carbocycles. The van der Waals surface area contributed by atoms with Crippen LogP contribution in [0.1, 0.15) is 67.9 Å². The number of hydrogen-bond donors (Lipinski definition) is 1. The number of para-hydroxylation sites is 1. The van der Waals surface area contributed by atoms with Gasteiger partial charge in [-0.3, -0.25) is 4.79 Å². The van der Waals surface area contributed by atoms with Crippen LogP contribution in [0.4, 0.5) is 0 Å². The van der Waals surface area contributed by atoms with E-state index in [1.165, 1.54) is 11.8 Å². The van der Waals surface area contributed by atoms with E-state index in [2.05, 4.69) is 36.2 Å². The highest BCUT2D eigenvalue weighted by Gasteiger charge is 2.26. The molecule has 1 fully saturated rings. The summed E-state index contributed by atoms with van der Waals surface area (Å²) in [6, 6.07) is 9.91. The minimum atomic E-state index is -0.165. The molecule has 2 aromatic heterocycles. The molecule has 1 saturated carbocycles. The van der Waals surface area contributed by atoms with Gasteiger partial charge in [-0.15, -0.1) is 0 Å². The molecule has 0 saturated heterocycles. The molecule has 1 atom stereocenters. The normalized spacial score (nSPS) is 15.6. The van der Waals surface area contributed by atoms with Crippen LogP contribution in [0.15, 0.2) is 39.9 Å². The molecule has 0 spiro atoms. The predicted octanol–water partition coefficient (Wildman–Crippen LogP) is 4.66. The van der Waals surface area contributed by atoms with E-state index in [1.807, 2.05) is 37.3 Å². The van der Waals surface area contributed by atoms with Crippen molar-refractivity contribution in [1.29, 1.82) is 0 Å². The van der Waals surface area contributed by atoms with Gasteiger partial charge in [-0.2, -0.15) is 4.98 Å². The van der Waals surface area contributed by atoms with Crippen molar-refractivity contribution in [2.45, 2.75) is 62.3 Å².